The van der Waals surface area contributed by atoms with E-state index in [0.717, 1.165) is 44.6 Å². The van der Waals surface area contributed by atoms with Crippen molar-refractivity contribution in [2.24, 2.45) is 0 Å². The highest BCUT2D eigenvalue weighted by molar-refractivity contribution is 6.05. The van der Waals surface area contributed by atoms with Gasteiger partial charge in [0.15, 0.2) is 5.82 Å². The molecule has 2 heteroatoms. The summed E-state index contributed by atoms with van der Waals surface area (Å²) in [5.41, 5.74) is 17.5. The topological polar surface area (TPSA) is 25.8 Å². The summed E-state index contributed by atoms with van der Waals surface area (Å²) in [6, 6.07) is 74.3. The Morgan fingerprint density at radius 2 is 0.864 bits per heavy atom. The van der Waals surface area contributed by atoms with Gasteiger partial charge in [0.25, 0.3) is 0 Å². The first-order chi connectivity index (χ1) is 29.0. The number of rotatable bonds is 6. The fourth-order valence-electron chi connectivity index (χ4n) is 9.45. The van der Waals surface area contributed by atoms with Crippen LogP contribution >= 0.6 is 0 Å². The van der Waals surface area contributed by atoms with E-state index in [1.165, 1.54) is 60.7 Å². The molecule has 0 saturated heterocycles. The molecule has 0 saturated carbocycles. The van der Waals surface area contributed by atoms with Crippen LogP contribution in [-0.4, -0.2) is 9.97 Å². The first-order valence-electron chi connectivity index (χ1n) is 20.4. The predicted molar refractivity (Wildman–Crippen MR) is 247 cm³/mol. The maximum atomic E-state index is 5.28. The summed E-state index contributed by atoms with van der Waals surface area (Å²) in [6.45, 7) is 4.71. The first kappa shape index (κ1) is 34.8. The molecule has 59 heavy (non-hydrogen) atoms. The lowest BCUT2D eigenvalue weighted by atomic mass is 9.79. The van der Waals surface area contributed by atoms with Crippen LogP contribution in [-0.2, 0) is 5.41 Å². The molecule has 1 aliphatic carbocycles. The molecule has 1 aliphatic rings. The van der Waals surface area contributed by atoms with Gasteiger partial charge in [0.05, 0.1) is 11.4 Å². The summed E-state index contributed by atoms with van der Waals surface area (Å²) in [5, 5.41) is 4.78. The van der Waals surface area contributed by atoms with Crippen molar-refractivity contribution in [1.82, 2.24) is 9.97 Å². The summed E-state index contributed by atoms with van der Waals surface area (Å²) >= 11 is 0. The van der Waals surface area contributed by atoms with Crippen LogP contribution in [0.4, 0.5) is 0 Å². The molecule has 10 aromatic rings. The first-order valence-corrected chi connectivity index (χ1v) is 20.4. The van der Waals surface area contributed by atoms with E-state index in [2.05, 4.69) is 214 Å². The second-order valence-electron chi connectivity index (χ2n) is 16.1. The van der Waals surface area contributed by atoms with E-state index in [1.54, 1.807) is 0 Å². The minimum absolute atomic E-state index is 0.0764. The van der Waals surface area contributed by atoms with E-state index in [-0.39, 0.29) is 5.41 Å². The van der Waals surface area contributed by atoms with Gasteiger partial charge in [0.1, 0.15) is 0 Å². The van der Waals surface area contributed by atoms with Gasteiger partial charge in [-0.05, 0) is 89.3 Å². The molecule has 0 radical (unpaired) electrons. The number of aromatic nitrogens is 2. The van der Waals surface area contributed by atoms with Gasteiger partial charge < -0.3 is 0 Å². The van der Waals surface area contributed by atoms with Crippen LogP contribution < -0.4 is 0 Å². The molecule has 0 spiro atoms. The third kappa shape index (κ3) is 5.87. The fourth-order valence-corrected chi connectivity index (χ4v) is 9.45. The van der Waals surface area contributed by atoms with Gasteiger partial charge in [0.2, 0.25) is 0 Å². The largest absolute Gasteiger partial charge is 0.228 e. The molecule has 0 aliphatic heterocycles. The lowest BCUT2D eigenvalue weighted by Gasteiger charge is -2.24. The quantitative estimate of drug-likeness (QED) is 0.169. The van der Waals surface area contributed by atoms with Crippen molar-refractivity contribution in [3.63, 3.8) is 0 Å². The van der Waals surface area contributed by atoms with Crippen LogP contribution in [0.15, 0.2) is 206 Å². The maximum absolute atomic E-state index is 5.28. The van der Waals surface area contributed by atoms with Gasteiger partial charge in [-0.2, -0.15) is 0 Å². The molecule has 11 rings (SSSR count). The van der Waals surface area contributed by atoms with Gasteiger partial charge in [-0.1, -0.05) is 208 Å². The Bertz CT molecular complexity index is 3230. The molecule has 9 aromatic carbocycles. The lowest BCUT2D eigenvalue weighted by molar-refractivity contribution is 0.662. The Hall–Kier alpha value is -7.42. The maximum Gasteiger partial charge on any atom is 0.160 e. The third-order valence-corrected chi connectivity index (χ3v) is 12.3. The summed E-state index contributed by atoms with van der Waals surface area (Å²) in [6.07, 6.45) is 0. The highest BCUT2D eigenvalue weighted by atomic mass is 14.9. The number of benzene rings is 9. The average molecular weight is 753 g/mol. The minimum Gasteiger partial charge on any atom is -0.228 e. The Labute approximate surface area is 345 Å². The molecule has 0 atom stereocenters. The van der Waals surface area contributed by atoms with E-state index in [1.807, 2.05) is 6.07 Å². The second-order valence-corrected chi connectivity index (χ2v) is 16.1. The number of fused-ring (bicyclic) bond motifs is 5. The van der Waals surface area contributed by atoms with Crippen molar-refractivity contribution < 1.29 is 0 Å². The molecule has 0 unspecified atom stereocenters. The summed E-state index contributed by atoms with van der Waals surface area (Å²) in [4.78, 5) is 10.5. The van der Waals surface area contributed by atoms with E-state index >= 15 is 0 Å². The van der Waals surface area contributed by atoms with Crippen molar-refractivity contribution in [2.75, 3.05) is 0 Å². The molecule has 0 N–H and O–H groups in total. The van der Waals surface area contributed by atoms with E-state index in [0.29, 0.717) is 5.82 Å². The van der Waals surface area contributed by atoms with E-state index < -0.39 is 0 Å². The SMILES string of the molecule is CC1(C)c2ccccc2-c2cccc(-c3ccc(-c4ccc(-c5cc(-c6ccccc6-c6ccc7ccccc7c6)nc(-c6ccccc6)n5)c5ccccc45)cc3)c21. The molecule has 0 amide bonds. The van der Waals surface area contributed by atoms with Gasteiger partial charge in [0, 0.05) is 22.1 Å². The van der Waals surface area contributed by atoms with Crippen LogP contribution in [0.25, 0.3) is 100.0 Å². The van der Waals surface area contributed by atoms with Gasteiger partial charge in [-0.25, -0.2) is 9.97 Å². The van der Waals surface area contributed by atoms with Gasteiger partial charge in [-0.15, -0.1) is 0 Å². The third-order valence-electron chi connectivity index (χ3n) is 12.3. The van der Waals surface area contributed by atoms with Crippen molar-refractivity contribution in [2.45, 2.75) is 19.3 Å². The smallest absolute Gasteiger partial charge is 0.160 e. The monoisotopic (exact) mass is 752 g/mol. The molecule has 1 aromatic heterocycles. The van der Waals surface area contributed by atoms with Crippen LogP contribution in [0.3, 0.4) is 0 Å². The molecular formula is C57H40N2. The van der Waals surface area contributed by atoms with E-state index in [9.17, 15) is 0 Å². The molecule has 0 bridgehead atoms. The molecule has 0 fully saturated rings. The molecule has 2 nitrogen and oxygen atoms in total. The van der Waals surface area contributed by atoms with Crippen LogP contribution in [0.5, 0.6) is 0 Å². The van der Waals surface area contributed by atoms with Crippen LogP contribution in [0.1, 0.15) is 25.0 Å². The molecular weight excluding hydrogens is 713 g/mol. The van der Waals surface area contributed by atoms with Crippen molar-refractivity contribution in [3.05, 3.63) is 217 Å². The standard InChI is InChI=1S/C57H40N2/c1-57(2)52-26-13-12-22-48(52)51-25-14-24-45(55(51)57)39-30-28-38(29-31-39)44-33-34-50(47-21-10-9-20-46(44)47)54-36-53(58-56(59-54)40-16-4-3-5-17-40)49-23-11-8-19-43(49)42-32-27-37-15-6-7-18-41(37)35-42/h3-36H,1-2H3. The normalized spacial score (nSPS) is 12.7. The zero-order valence-corrected chi connectivity index (χ0v) is 33.0. The summed E-state index contributed by atoms with van der Waals surface area (Å²) < 4.78 is 0. The van der Waals surface area contributed by atoms with E-state index in [4.69, 9.17) is 9.97 Å². The minimum atomic E-state index is -0.0764. The van der Waals surface area contributed by atoms with Crippen LogP contribution in [0.2, 0.25) is 0 Å². The van der Waals surface area contributed by atoms with Gasteiger partial charge in [-0.3, -0.25) is 0 Å². The fraction of sp³-hybridized carbons (Fsp3) is 0.0526. The van der Waals surface area contributed by atoms with Crippen LogP contribution in [0, 0.1) is 0 Å². The summed E-state index contributed by atoms with van der Waals surface area (Å²) in [7, 11) is 0. The average Bonchev–Trinajstić information content (AvgIpc) is 3.54. The lowest BCUT2D eigenvalue weighted by Crippen LogP contribution is -2.16. The number of hydrogen-bond donors (Lipinski definition) is 0. The Morgan fingerprint density at radius 3 is 1.64 bits per heavy atom. The Balaban J connectivity index is 1.02. The summed E-state index contributed by atoms with van der Waals surface area (Å²) in [5.74, 6) is 0.703. The highest BCUT2D eigenvalue weighted by Crippen LogP contribution is 2.52. The Kier molecular flexibility index (Phi) is 8.20. The predicted octanol–water partition coefficient (Wildman–Crippen LogP) is 15.1. The zero-order chi connectivity index (χ0) is 39.5. The number of nitrogens with zero attached hydrogens (tertiary/aromatic N) is 2. The van der Waals surface area contributed by atoms with Gasteiger partial charge >= 0.3 is 0 Å². The van der Waals surface area contributed by atoms with Crippen molar-refractivity contribution in [3.8, 4) is 78.4 Å². The second kappa shape index (κ2) is 13.9. The molecule has 1 heterocycles. The zero-order valence-electron chi connectivity index (χ0n) is 33.0. The Morgan fingerprint density at radius 1 is 0.322 bits per heavy atom. The highest BCUT2D eigenvalue weighted by Gasteiger charge is 2.37. The molecule has 278 valence electrons. The van der Waals surface area contributed by atoms with Crippen molar-refractivity contribution in [1.29, 1.82) is 0 Å². The number of hydrogen-bond acceptors (Lipinski definition) is 2. The van der Waals surface area contributed by atoms with Crippen molar-refractivity contribution >= 4 is 21.5 Å².